The van der Waals surface area contributed by atoms with Crippen LogP contribution in [0.4, 0.5) is 0 Å². The predicted molar refractivity (Wildman–Crippen MR) is 68.7 cm³/mol. The second kappa shape index (κ2) is 4.03. The second-order valence-electron chi connectivity index (χ2n) is 4.14. The van der Waals surface area contributed by atoms with Gasteiger partial charge in [-0.3, -0.25) is 9.78 Å². The molecule has 3 aromatic rings. The molecule has 90 valence electrons. The lowest BCUT2D eigenvalue weighted by atomic mass is 10.1. The van der Waals surface area contributed by atoms with E-state index in [1.165, 1.54) is 0 Å². The van der Waals surface area contributed by atoms with Crippen LogP contribution in [0.2, 0.25) is 0 Å². The Labute approximate surface area is 102 Å². The van der Waals surface area contributed by atoms with Crippen molar-refractivity contribution in [3.05, 3.63) is 69.1 Å². The summed E-state index contributed by atoms with van der Waals surface area (Å²) in [5.41, 5.74) is 0.727. The van der Waals surface area contributed by atoms with Crippen LogP contribution in [0.1, 0.15) is 5.56 Å². The average molecular weight is 241 g/mol. The minimum Gasteiger partial charge on any atom is -0.350 e. The van der Waals surface area contributed by atoms with Crippen molar-refractivity contribution in [3.63, 3.8) is 0 Å². The fourth-order valence-electron chi connectivity index (χ4n) is 2.00. The van der Waals surface area contributed by atoms with E-state index in [-0.39, 0.29) is 5.56 Å². The lowest BCUT2D eigenvalue weighted by Gasteiger charge is -2.04. The van der Waals surface area contributed by atoms with Gasteiger partial charge >= 0.3 is 5.69 Å². The Kier molecular flexibility index (Phi) is 2.37. The lowest BCUT2D eigenvalue weighted by Crippen LogP contribution is -2.21. The van der Waals surface area contributed by atoms with Gasteiger partial charge in [-0.15, -0.1) is 0 Å². The Bertz CT molecular complexity index is 797. The van der Waals surface area contributed by atoms with E-state index in [0.29, 0.717) is 17.4 Å². The van der Waals surface area contributed by atoms with Gasteiger partial charge in [0.25, 0.3) is 5.56 Å². The first-order valence-electron chi connectivity index (χ1n) is 5.58. The van der Waals surface area contributed by atoms with E-state index in [0.717, 1.165) is 5.56 Å². The summed E-state index contributed by atoms with van der Waals surface area (Å²) in [5.74, 6) is 0. The zero-order chi connectivity index (χ0) is 12.5. The van der Waals surface area contributed by atoms with Crippen molar-refractivity contribution in [1.82, 2.24) is 14.5 Å². The van der Waals surface area contributed by atoms with Gasteiger partial charge in [0.05, 0.1) is 10.9 Å². The van der Waals surface area contributed by atoms with Crippen molar-refractivity contribution in [2.24, 2.45) is 0 Å². The Morgan fingerprint density at radius 2 is 1.83 bits per heavy atom. The lowest BCUT2D eigenvalue weighted by molar-refractivity contribution is 0.807. The molecule has 0 aliphatic heterocycles. The smallest absolute Gasteiger partial charge is 0.326 e. The molecule has 5 heteroatoms. The molecule has 2 aromatic heterocycles. The molecule has 0 saturated heterocycles. The Hall–Kier alpha value is -2.56. The number of hydrogen-bond donors (Lipinski definition) is 2. The van der Waals surface area contributed by atoms with Gasteiger partial charge in [0.15, 0.2) is 0 Å². The number of aromatic amines is 2. The Morgan fingerprint density at radius 1 is 1.06 bits per heavy atom. The number of benzene rings is 1. The maximum atomic E-state index is 11.7. The standard InChI is InChI=1S/C13H11N3O2/c17-12-10-7-9(8-16-5-1-2-6-16)3-4-11(10)14-13(18)15-12/h1-7H,8H2,(H2,14,15,17,18). The van der Waals surface area contributed by atoms with Gasteiger partial charge in [0, 0.05) is 18.9 Å². The minimum absolute atomic E-state index is 0.358. The number of nitrogens with zero attached hydrogens (tertiary/aromatic N) is 1. The first-order chi connectivity index (χ1) is 8.72. The SMILES string of the molecule is O=c1[nH]c(=O)c2cc(Cn3cccc3)ccc2[nH]1. The maximum Gasteiger partial charge on any atom is 0.326 e. The molecule has 0 amide bonds. The molecule has 0 saturated carbocycles. The van der Waals surface area contributed by atoms with Crippen LogP contribution in [0, 0.1) is 0 Å². The first kappa shape index (κ1) is 10.6. The van der Waals surface area contributed by atoms with E-state index in [9.17, 15) is 9.59 Å². The van der Waals surface area contributed by atoms with Crippen LogP contribution in [0.25, 0.3) is 10.9 Å². The molecule has 2 heterocycles. The highest BCUT2D eigenvalue weighted by atomic mass is 16.2. The largest absolute Gasteiger partial charge is 0.350 e. The number of rotatable bonds is 2. The van der Waals surface area contributed by atoms with Crippen molar-refractivity contribution in [2.45, 2.75) is 6.54 Å². The van der Waals surface area contributed by atoms with Crippen molar-refractivity contribution in [1.29, 1.82) is 0 Å². The third-order valence-corrected chi connectivity index (χ3v) is 2.84. The molecule has 0 unspecified atom stereocenters. The first-order valence-corrected chi connectivity index (χ1v) is 5.58. The van der Waals surface area contributed by atoms with E-state index in [2.05, 4.69) is 9.97 Å². The Balaban J connectivity index is 2.11. The van der Waals surface area contributed by atoms with Crippen LogP contribution in [0.3, 0.4) is 0 Å². The molecule has 0 fully saturated rings. The topological polar surface area (TPSA) is 70.7 Å². The minimum atomic E-state index is -0.481. The molecular weight excluding hydrogens is 230 g/mol. The van der Waals surface area contributed by atoms with E-state index >= 15 is 0 Å². The molecule has 0 spiro atoms. The monoisotopic (exact) mass is 241 g/mol. The maximum absolute atomic E-state index is 11.7. The van der Waals surface area contributed by atoms with E-state index in [1.54, 1.807) is 12.1 Å². The number of fused-ring (bicyclic) bond motifs is 1. The van der Waals surface area contributed by atoms with Crippen LogP contribution >= 0.6 is 0 Å². The molecule has 18 heavy (non-hydrogen) atoms. The van der Waals surface area contributed by atoms with E-state index in [1.807, 2.05) is 35.2 Å². The summed E-state index contributed by atoms with van der Waals surface area (Å²) in [6, 6.07) is 9.35. The van der Waals surface area contributed by atoms with Crippen LogP contribution < -0.4 is 11.2 Å². The molecule has 0 radical (unpaired) electrons. The van der Waals surface area contributed by atoms with Crippen LogP contribution in [0.15, 0.2) is 52.3 Å². The summed E-state index contributed by atoms with van der Waals surface area (Å²) in [6.45, 7) is 0.696. The molecule has 1 aromatic carbocycles. The quantitative estimate of drug-likeness (QED) is 0.704. The van der Waals surface area contributed by atoms with Gasteiger partial charge in [-0.2, -0.15) is 0 Å². The fourth-order valence-corrected chi connectivity index (χ4v) is 2.00. The summed E-state index contributed by atoms with van der Waals surface area (Å²) in [5, 5.41) is 0.499. The molecule has 0 aliphatic rings. The number of H-pyrrole nitrogens is 2. The van der Waals surface area contributed by atoms with Crippen molar-refractivity contribution >= 4 is 10.9 Å². The summed E-state index contributed by atoms with van der Waals surface area (Å²) in [4.78, 5) is 27.6. The van der Waals surface area contributed by atoms with E-state index < -0.39 is 5.69 Å². The van der Waals surface area contributed by atoms with Crippen molar-refractivity contribution < 1.29 is 0 Å². The summed E-state index contributed by atoms with van der Waals surface area (Å²) < 4.78 is 2.01. The summed E-state index contributed by atoms with van der Waals surface area (Å²) >= 11 is 0. The van der Waals surface area contributed by atoms with E-state index in [4.69, 9.17) is 0 Å². The average Bonchev–Trinajstić information content (AvgIpc) is 2.83. The molecule has 0 bridgehead atoms. The van der Waals surface area contributed by atoms with Gasteiger partial charge in [0.1, 0.15) is 0 Å². The summed E-state index contributed by atoms with van der Waals surface area (Å²) in [7, 11) is 0. The third kappa shape index (κ3) is 1.86. The zero-order valence-electron chi connectivity index (χ0n) is 9.51. The molecule has 5 nitrogen and oxygen atoms in total. The summed E-state index contributed by atoms with van der Waals surface area (Å²) in [6.07, 6.45) is 3.92. The van der Waals surface area contributed by atoms with Gasteiger partial charge in [-0.25, -0.2) is 4.79 Å². The molecule has 2 N–H and O–H groups in total. The number of hydrogen-bond acceptors (Lipinski definition) is 2. The zero-order valence-corrected chi connectivity index (χ0v) is 9.51. The highest BCUT2D eigenvalue weighted by molar-refractivity contribution is 5.77. The molecule has 0 atom stereocenters. The van der Waals surface area contributed by atoms with Gasteiger partial charge in [0.2, 0.25) is 0 Å². The second-order valence-corrected chi connectivity index (χ2v) is 4.14. The van der Waals surface area contributed by atoms with Gasteiger partial charge in [-0.05, 0) is 29.8 Å². The highest BCUT2D eigenvalue weighted by Crippen LogP contribution is 2.10. The normalized spacial score (nSPS) is 10.9. The van der Waals surface area contributed by atoms with Crippen molar-refractivity contribution in [3.8, 4) is 0 Å². The molecule has 3 rings (SSSR count). The fraction of sp³-hybridized carbons (Fsp3) is 0.0769. The Morgan fingerprint density at radius 3 is 2.61 bits per heavy atom. The van der Waals surface area contributed by atoms with Crippen LogP contribution in [-0.2, 0) is 6.54 Å². The van der Waals surface area contributed by atoms with Gasteiger partial charge in [-0.1, -0.05) is 6.07 Å². The predicted octanol–water partition coefficient (Wildman–Crippen LogP) is 1.07. The van der Waals surface area contributed by atoms with Crippen LogP contribution in [0.5, 0.6) is 0 Å². The van der Waals surface area contributed by atoms with Crippen molar-refractivity contribution in [2.75, 3.05) is 0 Å². The van der Waals surface area contributed by atoms with Gasteiger partial charge < -0.3 is 9.55 Å². The van der Waals surface area contributed by atoms with Crippen LogP contribution in [-0.4, -0.2) is 14.5 Å². The molecule has 0 aliphatic carbocycles. The molecular formula is C13H11N3O2. The third-order valence-electron chi connectivity index (χ3n) is 2.84. The number of aromatic nitrogens is 3. The highest BCUT2D eigenvalue weighted by Gasteiger charge is 2.02. The number of nitrogens with one attached hydrogen (secondary N) is 2.